The molecule has 0 aromatic carbocycles. The molecule has 1 aliphatic rings. The number of hydrogen-bond donors (Lipinski definition) is 2. The average Bonchev–Trinajstić information content (AvgIpc) is 3.03. The van der Waals surface area contributed by atoms with Crippen LogP contribution in [-0.2, 0) is 4.74 Å². The zero-order valence-corrected chi connectivity index (χ0v) is 13.0. The van der Waals surface area contributed by atoms with Gasteiger partial charge in [-0.25, -0.2) is 4.79 Å². The quantitative estimate of drug-likeness (QED) is 0.788. The van der Waals surface area contributed by atoms with Gasteiger partial charge in [0.05, 0.1) is 17.3 Å². The van der Waals surface area contributed by atoms with Crippen molar-refractivity contribution in [1.29, 1.82) is 0 Å². The van der Waals surface area contributed by atoms with E-state index in [0.29, 0.717) is 23.1 Å². The summed E-state index contributed by atoms with van der Waals surface area (Å²) in [6.07, 6.45) is 1.23. The van der Waals surface area contributed by atoms with Gasteiger partial charge in [0.15, 0.2) is 0 Å². The number of hydrogen-bond acceptors (Lipinski definition) is 6. The fourth-order valence-electron chi connectivity index (χ4n) is 2.46. The largest absolute Gasteiger partial charge is 0.462 e. The van der Waals surface area contributed by atoms with Crippen LogP contribution in [0.1, 0.15) is 29.9 Å². The molecule has 1 aromatic rings. The first-order valence-electron chi connectivity index (χ1n) is 7.16. The van der Waals surface area contributed by atoms with Gasteiger partial charge in [-0.2, -0.15) is 0 Å². The van der Waals surface area contributed by atoms with Crippen LogP contribution in [0.2, 0.25) is 0 Å². The summed E-state index contributed by atoms with van der Waals surface area (Å²) >= 11 is 1.37. The molecule has 2 heterocycles. The third kappa shape index (κ3) is 3.64. The summed E-state index contributed by atoms with van der Waals surface area (Å²) in [5.41, 5.74) is 6.36. The molecule has 1 fully saturated rings. The first-order valence-corrected chi connectivity index (χ1v) is 7.98. The molecule has 0 spiro atoms. The van der Waals surface area contributed by atoms with E-state index in [9.17, 15) is 4.79 Å². The molecule has 0 aliphatic carbocycles. The molecule has 1 unspecified atom stereocenters. The maximum absolute atomic E-state index is 11.7. The number of anilines is 2. The Morgan fingerprint density at radius 2 is 2.40 bits per heavy atom. The third-order valence-electron chi connectivity index (χ3n) is 3.60. The van der Waals surface area contributed by atoms with Gasteiger partial charge in [-0.15, -0.1) is 11.3 Å². The Kier molecular flexibility index (Phi) is 5.25. The molecule has 2 rings (SSSR count). The number of carbonyl (C=O) groups is 1. The van der Waals surface area contributed by atoms with Crippen LogP contribution in [-0.4, -0.2) is 43.7 Å². The Morgan fingerprint density at radius 1 is 1.60 bits per heavy atom. The second kappa shape index (κ2) is 6.95. The summed E-state index contributed by atoms with van der Waals surface area (Å²) in [6, 6.07) is 1.82. The van der Waals surface area contributed by atoms with Crippen LogP contribution in [0.5, 0.6) is 0 Å². The zero-order chi connectivity index (χ0) is 14.5. The number of thiophene rings is 1. The van der Waals surface area contributed by atoms with Gasteiger partial charge in [0, 0.05) is 13.1 Å². The number of likely N-dealkylation sites (tertiary alicyclic amines) is 1. The van der Waals surface area contributed by atoms with Crippen molar-refractivity contribution in [1.82, 2.24) is 4.90 Å². The lowest BCUT2D eigenvalue weighted by Crippen LogP contribution is -2.22. The molecular weight excluding hydrogens is 274 g/mol. The van der Waals surface area contributed by atoms with Crippen molar-refractivity contribution in [3.8, 4) is 0 Å². The minimum absolute atomic E-state index is 0.332. The number of nitrogens with two attached hydrogens (primary N) is 1. The van der Waals surface area contributed by atoms with Crippen LogP contribution in [0, 0.1) is 5.92 Å². The van der Waals surface area contributed by atoms with Crippen molar-refractivity contribution in [3.63, 3.8) is 0 Å². The average molecular weight is 297 g/mol. The third-order valence-corrected chi connectivity index (χ3v) is 4.69. The first-order chi connectivity index (χ1) is 9.63. The molecule has 0 bridgehead atoms. The Hall–Kier alpha value is -1.27. The minimum Gasteiger partial charge on any atom is -0.462 e. The molecule has 1 aliphatic heterocycles. The zero-order valence-electron chi connectivity index (χ0n) is 12.1. The predicted molar refractivity (Wildman–Crippen MR) is 83.4 cm³/mol. The maximum Gasteiger partial charge on any atom is 0.350 e. The lowest BCUT2D eigenvalue weighted by Gasteiger charge is -2.13. The van der Waals surface area contributed by atoms with Gasteiger partial charge in [0.2, 0.25) is 0 Å². The van der Waals surface area contributed by atoms with E-state index < -0.39 is 0 Å². The Morgan fingerprint density at radius 3 is 3.05 bits per heavy atom. The summed E-state index contributed by atoms with van der Waals surface area (Å²) in [6.45, 7) is 8.74. The summed E-state index contributed by atoms with van der Waals surface area (Å²) in [7, 11) is 0. The van der Waals surface area contributed by atoms with Gasteiger partial charge in [0.1, 0.15) is 4.88 Å². The fraction of sp³-hybridized carbons (Fsp3) is 0.643. The van der Waals surface area contributed by atoms with Crippen molar-refractivity contribution in [2.24, 2.45) is 5.92 Å². The van der Waals surface area contributed by atoms with E-state index in [1.807, 2.05) is 6.07 Å². The van der Waals surface area contributed by atoms with Crippen molar-refractivity contribution in [2.45, 2.75) is 20.3 Å². The highest BCUT2D eigenvalue weighted by atomic mass is 32.1. The standard InChI is InChI=1S/C14H23N3O2S/c1-3-17-6-5-10(9-17)8-16-12-7-11(15)13(20-12)14(18)19-4-2/h7,10,16H,3-6,8-9,15H2,1-2H3. The SMILES string of the molecule is CCOC(=O)c1sc(NCC2CCN(CC)C2)cc1N. The normalized spacial score (nSPS) is 19.2. The first kappa shape index (κ1) is 15.1. The number of rotatable bonds is 6. The van der Waals surface area contributed by atoms with Gasteiger partial charge in [-0.3, -0.25) is 0 Å². The van der Waals surface area contributed by atoms with Crippen LogP contribution in [0.4, 0.5) is 10.7 Å². The van der Waals surface area contributed by atoms with Crippen LogP contribution in [0.25, 0.3) is 0 Å². The second-order valence-corrected chi connectivity index (χ2v) is 6.10. The number of nitrogen functional groups attached to an aromatic ring is 1. The second-order valence-electron chi connectivity index (χ2n) is 5.04. The molecule has 0 amide bonds. The summed E-state index contributed by atoms with van der Waals surface area (Å²) in [5, 5.41) is 4.34. The fourth-order valence-corrected chi connectivity index (χ4v) is 3.34. The molecule has 1 atom stereocenters. The molecule has 1 saturated heterocycles. The van der Waals surface area contributed by atoms with Gasteiger partial charge < -0.3 is 20.7 Å². The Balaban J connectivity index is 1.88. The molecule has 20 heavy (non-hydrogen) atoms. The van der Waals surface area contributed by atoms with E-state index in [0.717, 1.165) is 24.6 Å². The molecule has 3 N–H and O–H groups in total. The van der Waals surface area contributed by atoms with Crippen LogP contribution >= 0.6 is 11.3 Å². The highest BCUT2D eigenvalue weighted by Gasteiger charge is 2.21. The van der Waals surface area contributed by atoms with Gasteiger partial charge in [0.25, 0.3) is 0 Å². The lowest BCUT2D eigenvalue weighted by molar-refractivity contribution is 0.0533. The monoisotopic (exact) mass is 297 g/mol. The van der Waals surface area contributed by atoms with Crippen molar-refractivity contribution >= 4 is 28.0 Å². The van der Waals surface area contributed by atoms with E-state index >= 15 is 0 Å². The smallest absolute Gasteiger partial charge is 0.350 e. The number of esters is 1. The summed E-state index contributed by atoms with van der Waals surface area (Å²) in [4.78, 5) is 14.6. The van der Waals surface area contributed by atoms with E-state index in [4.69, 9.17) is 10.5 Å². The maximum atomic E-state index is 11.7. The molecule has 5 nitrogen and oxygen atoms in total. The molecule has 0 radical (unpaired) electrons. The van der Waals surface area contributed by atoms with Gasteiger partial charge >= 0.3 is 5.97 Å². The van der Waals surface area contributed by atoms with Crippen molar-refractivity contribution < 1.29 is 9.53 Å². The van der Waals surface area contributed by atoms with Crippen LogP contribution in [0.15, 0.2) is 6.07 Å². The number of ether oxygens (including phenoxy) is 1. The number of nitrogens with one attached hydrogen (secondary N) is 1. The molecule has 6 heteroatoms. The molecular formula is C14H23N3O2S. The van der Waals surface area contributed by atoms with E-state index in [1.165, 1.54) is 24.3 Å². The van der Waals surface area contributed by atoms with Crippen LogP contribution < -0.4 is 11.1 Å². The van der Waals surface area contributed by atoms with Gasteiger partial charge in [-0.1, -0.05) is 6.92 Å². The Labute approximate surface area is 124 Å². The van der Waals surface area contributed by atoms with E-state index in [-0.39, 0.29) is 5.97 Å². The summed E-state index contributed by atoms with van der Waals surface area (Å²) < 4.78 is 4.99. The molecule has 1 aromatic heterocycles. The molecule has 0 saturated carbocycles. The van der Waals surface area contributed by atoms with Gasteiger partial charge in [-0.05, 0) is 38.4 Å². The Bertz CT molecular complexity index is 461. The number of carbonyl (C=O) groups excluding carboxylic acids is 1. The lowest BCUT2D eigenvalue weighted by atomic mass is 10.1. The van der Waals surface area contributed by atoms with Crippen molar-refractivity contribution in [3.05, 3.63) is 10.9 Å². The predicted octanol–water partition coefficient (Wildman–Crippen LogP) is 2.26. The topological polar surface area (TPSA) is 67.6 Å². The minimum atomic E-state index is -0.332. The highest BCUT2D eigenvalue weighted by molar-refractivity contribution is 7.18. The molecule has 112 valence electrons. The van der Waals surface area contributed by atoms with E-state index in [2.05, 4.69) is 17.1 Å². The summed E-state index contributed by atoms with van der Waals surface area (Å²) in [5.74, 6) is 0.338. The van der Waals surface area contributed by atoms with Crippen LogP contribution in [0.3, 0.4) is 0 Å². The van der Waals surface area contributed by atoms with Crippen molar-refractivity contribution in [2.75, 3.05) is 43.8 Å². The highest BCUT2D eigenvalue weighted by Crippen LogP contribution is 2.30. The number of nitrogens with zero attached hydrogens (tertiary/aromatic N) is 1. The van der Waals surface area contributed by atoms with E-state index in [1.54, 1.807) is 6.92 Å².